The van der Waals surface area contributed by atoms with Crippen LogP contribution in [0.2, 0.25) is 0 Å². The van der Waals surface area contributed by atoms with E-state index in [9.17, 15) is 4.39 Å². The van der Waals surface area contributed by atoms with Crippen LogP contribution in [0, 0.1) is 5.82 Å². The molecule has 1 aromatic carbocycles. The summed E-state index contributed by atoms with van der Waals surface area (Å²) in [5.41, 5.74) is 1.08. The van der Waals surface area contributed by atoms with Gasteiger partial charge < -0.3 is 5.32 Å². The average molecular weight is 250 g/mol. The molecule has 100 valence electrons. The highest BCUT2D eigenvalue weighted by Crippen LogP contribution is 2.11. The summed E-state index contributed by atoms with van der Waals surface area (Å²) in [5.74, 6) is -0.134. The number of nitrogens with one attached hydrogen (secondary N) is 1. The molecule has 0 aromatic heterocycles. The molecule has 0 bridgehead atoms. The molecule has 2 rings (SSSR count). The minimum atomic E-state index is -0.134. The summed E-state index contributed by atoms with van der Waals surface area (Å²) in [6.45, 7) is 6.36. The van der Waals surface area contributed by atoms with Gasteiger partial charge in [-0.05, 0) is 43.6 Å². The van der Waals surface area contributed by atoms with Crippen LogP contribution >= 0.6 is 0 Å². The first-order valence-electron chi connectivity index (χ1n) is 6.98. The Morgan fingerprint density at radius 1 is 1.44 bits per heavy atom. The number of nitrogens with zero attached hydrogens (tertiary/aromatic N) is 1. The Hall–Kier alpha value is -0.930. The van der Waals surface area contributed by atoms with Crippen LogP contribution in [-0.2, 0) is 6.54 Å². The van der Waals surface area contributed by atoms with Gasteiger partial charge in [0.2, 0.25) is 0 Å². The average Bonchev–Trinajstić information content (AvgIpc) is 2.55. The Balaban J connectivity index is 1.94. The predicted octanol–water partition coefficient (Wildman–Crippen LogP) is 2.79. The number of hydrogen-bond donors (Lipinski definition) is 1. The van der Waals surface area contributed by atoms with Gasteiger partial charge in [0, 0.05) is 19.1 Å². The fourth-order valence-electron chi connectivity index (χ4n) is 2.66. The van der Waals surface area contributed by atoms with Gasteiger partial charge in [0.1, 0.15) is 5.82 Å². The van der Waals surface area contributed by atoms with Gasteiger partial charge in [-0.15, -0.1) is 0 Å². The third-order valence-corrected chi connectivity index (χ3v) is 3.50. The van der Waals surface area contributed by atoms with E-state index in [0.717, 1.165) is 31.7 Å². The first-order valence-corrected chi connectivity index (χ1v) is 6.98. The predicted molar refractivity (Wildman–Crippen MR) is 73.0 cm³/mol. The van der Waals surface area contributed by atoms with Crippen LogP contribution in [0.25, 0.3) is 0 Å². The maximum atomic E-state index is 13.2. The lowest BCUT2D eigenvalue weighted by molar-refractivity contribution is 0.254. The molecule has 2 nitrogen and oxygen atoms in total. The van der Waals surface area contributed by atoms with Crippen LogP contribution < -0.4 is 5.32 Å². The molecule has 3 heteroatoms. The zero-order valence-electron chi connectivity index (χ0n) is 11.2. The van der Waals surface area contributed by atoms with E-state index in [2.05, 4.69) is 17.1 Å². The largest absolute Gasteiger partial charge is 0.313 e. The van der Waals surface area contributed by atoms with E-state index in [-0.39, 0.29) is 5.82 Å². The van der Waals surface area contributed by atoms with E-state index in [4.69, 9.17) is 0 Å². The van der Waals surface area contributed by atoms with Crippen molar-refractivity contribution in [2.24, 2.45) is 0 Å². The lowest BCUT2D eigenvalue weighted by atomic mass is 10.1. The summed E-state index contributed by atoms with van der Waals surface area (Å²) >= 11 is 0. The SMILES string of the molecule is CCCC1CN(Cc2cccc(F)c2)CCCN1. The van der Waals surface area contributed by atoms with Crippen LogP contribution in [0.4, 0.5) is 4.39 Å². The molecule has 1 saturated heterocycles. The van der Waals surface area contributed by atoms with Crippen LogP contribution in [0.3, 0.4) is 0 Å². The monoisotopic (exact) mass is 250 g/mol. The molecule has 1 aliphatic heterocycles. The number of rotatable bonds is 4. The molecule has 0 spiro atoms. The molecule has 1 atom stereocenters. The van der Waals surface area contributed by atoms with Crippen molar-refractivity contribution in [3.05, 3.63) is 35.6 Å². The second-order valence-corrected chi connectivity index (χ2v) is 5.16. The van der Waals surface area contributed by atoms with E-state index in [0.29, 0.717) is 6.04 Å². The van der Waals surface area contributed by atoms with Gasteiger partial charge in [-0.2, -0.15) is 0 Å². The molecule has 18 heavy (non-hydrogen) atoms. The lowest BCUT2D eigenvalue weighted by Gasteiger charge is -2.24. The van der Waals surface area contributed by atoms with Gasteiger partial charge in [0.15, 0.2) is 0 Å². The van der Waals surface area contributed by atoms with E-state index in [1.54, 1.807) is 12.1 Å². The summed E-state index contributed by atoms with van der Waals surface area (Å²) in [4.78, 5) is 2.44. The fourth-order valence-corrected chi connectivity index (χ4v) is 2.66. The van der Waals surface area contributed by atoms with Crippen molar-refractivity contribution in [3.63, 3.8) is 0 Å². The Morgan fingerprint density at radius 2 is 2.33 bits per heavy atom. The normalized spacial score (nSPS) is 21.8. The fraction of sp³-hybridized carbons (Fsp3) is 0.600. The topological polar surface area (TPSA) is 15.3 Å². The van der Waals surface area contributed by atoms with Gasteiger partial charge >= 0.3 is 0 Å². The molecule has 0 amide bonds. The van der Waals surface area contributed by atoms with Gasteiger partial charge in [0.05, 0.1) is 0 Å². The van der Waals surface area contributed by atoms with Crippen molar-refractivity contribution in [3.8, 4) is 0 Å². The summed E-state index contributed by atoms with van der Waals surface area (Å²) in [7, 11) is 0. The molecular weight excluding hydrogens is 227 g/mol. The van der Waals surface area contributed by atoms with Crippen LogP contribution in [0.15, 0.2) is 24.3 Å². The van der Waals surface area contributed by atoms with Crippen molar-refractivity contribution >= 4 is 0 Å². The number of benzene rings is 1. The first kappa shape index (κ1) is 13.5. The zero-order valence-corrected chi connectivity index (χ0v) is 11.2. The zero-order chi connectivity index (χ0) is 12.8. The number of hydrogen-bond acceptors (Lipinski definition) is 2. The van der Waals surface area contributed by atoms with Crippen molar-refractivity contribution in [1.82, 2.24) is 10.2 Å². The third kappa shape index (κ3) is 4.07. The molecule has 1 aliphatic rings. The Kier molecular flexibility index (Phi) is 5.14. The molecule has 1 N–H and O–H groups in total. The quantitative estimate of drug-likeness (QED) is 0.884. The lowest BCUT2D eigenvalue weighted by Crippen LogP contribution is -2.37. The minimum absolute atomic E-state index is 0.134. The van der Waals surface area contributed by atoms with Gasteiger partial charge in [-0.1, -0.05) is 25.5 Å². The summed E-state index contributed by atoms with van der Waals surface area (Å²) in [6, 6.07) is 7.55. The summed E-state index contributed by atoms with van der Waals surface area (Å²) < 4.78 is 13.2. The maximum Gasteiger partial charge on any atom is 0.123 e. The second-order valence-electron chi connectivity index (χ2n) is 5.16. The van der Waals surface area contributed by atoms with Crippen molar-refractivity contribution in [1.29, 1.82) is 0 Å². The van der Waals surface area contributed by atoms with E-state index in [1.807, 2.05) is 6.07 Å². The molecular formula is C15H23FN2. The Labute approximate surface area is 109 Å². The highest BCUT2D eigenvalue weighted by molar-refractivity contribution is 5.16. The smallest absolute Gasteiger partial charge is 0.123 e. The van der Waals surface area contributed by atoms with Crippen molar-refractivity contribution < 1.29 is 4.39 Å². The summed E-state index contributed by atoms with van der Waals surface area (Å²) in [6.07, 6.45) is 3.61. The van der Waals surface area contributed by atoms with Crippen LogP contribution in [-0.4, -0.2) is 30.6 Å². The first-order chi connectivity index (χ1) is 8.78. The van der Waals surface area contributed by atoms with Crippen LogP contribution in [0.5, 0.6) is 0 Å². The van der Waals surface area contributed by atoms with Gasteiger partial charge in [0.25, 0.3) is 0 Å². The standard InChI is InChI=1S/C15H23FN2/c1-2-5-15-12-18(9-4-8-17-15)11-13-6-3-7-14(16)10-13/h3,6-7,10,15,17H,2,4-5,8-9,11-12H2,1H3. The second kappa shape index (κ2) is 6.86. The molecule has 1 heterocycles. The van der Waals surface area contributed by atoms with Crippen molar-refractivity contribution in [2.75, 3.05) is 19.6 Å². The molecule has 1 fully saturated rings. The highest BCUT2D eigenvalue weighted by Gasteiger charge is 2.16. The molecule has 0 saturated carbocycles. The van der Waals surface area contributed by atoms with E-state index >= 15 is 0 Å². The molecule has 0 radical (unpaired) electrons. The number of halogens is 1. The van der Waals surface area contributed by atoms with Gasteiger partial charge in [-0.25, -0.2) is 4.39 Å². The summed E-state index contributed by atoms with van der Waals surface area (Å²) in [5, 5.41) is 3.59. The Bertz CT molecular complexity index is 367. The molecule has 1 unspecified atom stereocenters. The van der Waals surface area contributed by atoms with E-state index in [1.165, 1.54) is 25.3 Å². The maximum absolute atomic E-state index is 13.2. The van der Waals surface area contributed by atoms with Gasteiger partial charge in [-0.3, -0.25) is 4.90 Å². The molecule has 0 aliphatic carbocycles. The van der Waals surface area contributed by atoms with E-state index < -0.39 is 0 Å². The Morgan fingerprint density at radius 3 is 3.11 bits per heavy atom. The van der Waals surface area contributed by atoms with Crippen molar-refractivity contribution in [2.45, 2.75) is 38.8 Å². The van der Waals surface area contributed by atoms with Crippen LogP contribution in [0.1, 0.15) is 31.7 Å². The highest BCUT2D eigenvalue weighted by atomic mass is 19.1. The third-order valence-electron chi connectivity index (χ3n) is 3.50. The molecule has 1 aromatic rings. The minimum Gasteiger partial charge on any atom is -0.313 e.